The van der Waals surface area contributed by atoms with Gasteiger partial charge in [0.25, 0.3) is 0 Å². The first kappa shape index (κ1) is 23.7. The molecular formula is C23H37KO4. The van der Waals surface area contributed by atoms with Crippen LogP contribution >= 0.6 is 0 Å². The van der Waals surface area contributed by atoms with Gasteiger partial charge in [0.2, 0.25) is 0 Å². The van der Waals surface area contributed by atoms with Gasteiger partial charge >= 0.3 is 51.4 Å². The van der Waals surface area contributed by atoms with E-state index in [1.54, 1.807) is 0 Å². The van der Waals surface area contributed by atoms with Gasteiger partial charge in [-0.1, -0.05) is 20.8 Å². The van der Waals surface area contributed by atoms with E-state index in [0.29, 0.717) is 29.6 Å². The molecule has 0 bridgehead atoms. The van der Waals surface area contributed by atoms with Crippen molar-refractivity contribution in [2.24, 2.45) is 46.3 Å². The molecule has 4 aliphatic rings. The molecule has 2 N–H and O–H groups in total. The number of carbonyl (C=O) groups excluding carboxylic acids is 1. The monoisotopic (exact) mass is 416 g/mol. The Balaban J connectivity index is 0.00000225. The van der Waals surface area contributed by atoms with Gasteiger partial charge in [0.05, 0.1) is 12.2 Å². The average Bonchev–Trinajstić information content (AvgIpc) is 2.93. The summed E-state index contributed by atoms with van der Waals surface area (Å²) in [6, 6.07) is 0. The van der Waals surface area contributed by atoms with Crippen LogP contribution in [-0.2, 0) is 4.79 Å². The van der Waals surface area contributed by atoms with Gasteiger partial charge in [0.1, 0.15) is 0 Å². The number of aliphatic hydroxyl groups excluding tert-OH is 2. The zero-order valence-corrected chi connectivity index (χ0v) is 21.3. The number of carbonyl (C=O) groups is 1. The first-order valence-electron chi connectivity index (χ1n) is 11.2. The van der Waals surface area contributed by atoms with Crippen LogP contribution < -0.4 is 56.5 Å². The minimum Gasteiger partial charge on any atom is -0.550 e. The summed E-state index contributed by atoms with van der Waals surface area (Å²) in [6.45, 7) is 6.89. The third kappa shape index (κ3) is 3.73. The van der Waals surface area contributed by atoms with E-state index in [4.69, 9.17) is 0 Å². The van der Waals surface area contributed by atoms with Crippen molar-refractivity contribution in [1.82, 2.24) is 0 Å². The molecular weight excluding hydrogens is 379 g/mol. The predicted octanol–water partition coefficient (Wildman–Crippen LogP) is -0.243. The van der Waals surface area contributed by atoms with Gasteiger partial charge in [0.15, 0.2) is 0 Å². The maximum atomic E-state index is 11.2. The summed E-state index contributed by atoms with van der Waals surface area (Å²) in [7, 11) is 0. The molecule has 0 spiro atoms. The van der Waals surface area contributed by atoms with Crippen molar-refractivity contribution in [3.05, 3.63) is 0 Å². The SMILES string of the molecule is C[C@H](CC(=O)[O-])[C@H]1CCC2C3C(CC[C@@]21C)[C@@]1(C)CC[C@@H](O)C[C@H]1C[C@@H]3O.[K+]. The standard InChI is InChI=1S/C23H38O4.K/c1-13(10-20(26)27)16-4-5-17-21-18(7-9-23(16,17)3)22(2)8-6-15(24)11-14(22)12-19(21)25;/h13-19,21,24-25H,4-12H2,1-3H3,(H,26,27);/q;+1/p-1/t13-,14+,15-,16-,17?,18?,19+,21?,22+,23-;/m1./s1. The molecule has 0 aromatic carbocycles. The summed E-state index contributed by atoms with van der Waals surface area (Å²) in [5, 5.41) is 32.5. The first-order valence-corrected chi connectivity index (χ1v) is 11.2. The second kappa shape index (κ2) is 8.52. The van der Waals surface area contributed by atoms with Gasteiger partial charge in [0, 0.05) is 5.97 Å². The maximum absolute atomic E-state index is 11.2. The maximum Gasteiger partial charge on any atom is 1.00 e. The van der Waals surface area contributed by atoms with Crippen molar-refractivity contribution in [3.63, 3.8) is 0 Å². The number of aliphatic carboxylic acids is 1. The molecule has 0 radical (unpaired) electrons. The van der Waals surface area contributed by atoms with Crippen LogP contribution in [0.4, 0.5) is 0 Å². The Labute approximate surface area is 212 Å². The summed E-state index contributed by atoms with van der Waals surface area (Å²) >= 11 is 0. The molecule has 154 valence electrons. The minimum atomic E-state index is -0.933. The number of rotatable bonds is 3. The largest absolute Gasteiger partial charge is 1.00 e. The van der Waals surface area contributed by atoms with E-state index >= 15 is 0 Å². The van der Waals surface area contributed by atoms with Crippen LogP contribution in [0.5, 0.6) is 0 Å². The minimum absolute atomic E-state index is 0. The number of hydrogen-bond donors (Lipinski definition) is 2. The third-order valence-corrected chi connectivity index (χ3v) is 9.90. The molecule has 0 saturated heterocycles. The molecule has 0 amide bonds. The summed E-state index contributed by atoms with van der Waals surface area (Å²) in [5.74, 6) is 1.48. The number of fused-ring (bicyclic) bond motifs is 5. The van der Waals surface area contributed by atoms with Crippen LogP contribution in [0.25, 0.3) is 0 Å². The van der Waals surface area contributed by atoms with Gasteiger partial charge in [-0.2, -0.15) is 0 Å². The van der Waals surface area contributed by atoms with Crippen molar-refractivity contribution in [3.8, 4) is 0 Å². The Morgan fingerprint density at radius 1 is 1.04 bits per heavy atom. The fourth-order valence-electron chi connectivity index (χ4n) is 8.58. The molecule has 5 heteroatoms. The molecule has 4 aliphatic carbocycles. The summed E-state index contributed by atoms with van der Waals surface area (Å²) in [5.41, 5.74) is 0.396. The van der Waals surface area contributed by atoms with Gasteiger partial charge < -0.3 is 20.1 Å². The topological polar surface area (TPSA) is 80.6 Å². The molecule has 10 atom stereocenters. The van der Waals surface area contributed by atoms with Crippen LogP contribution in [-0.4, -0.2) is 28.4 Å². The smallest absolute Gasteiger partial charge is 0.550 e. The van der Waals surface area contributed by atoms with E-state index in [2.05, 4.69) is 20.8 Å². The molecule has 28 heavy (non-hydrogen) atoms. The Kier molecular flexibility index (Phi) is 7.20. The van der Waals surface area contributed by atoms with Crippen LogP contribution in [0, 0.1) is 46.3 Å². The molecule has 4 saturated carbocycles. The summed E-state index contributed by atoms with van der Waals surface area (Å²) < 4.78 is 0. The number of carboxylic acid groups (broad SMARTS) is 1. The normalized spacial score (nSPS) is 51.2. The van der Waals surface area contributed by atoms with Crippen molar-refractivity contribution in [1.29, 1.82) is 0 Å². The second-order valence-electron chi connectivity index (χ2n) is 11.0. The summed E-state index contributed by atoms with van der Waals surface area (Å²) in [6.07, 6.45) is 7.88. The van der Waals surface area contributed by atoms with Crippen molar-refractivity contribution < 1.29 is 71.5 Å². The van der Waals surface area contributed by atoms with E-state index in [-0.39, 0.29) is 86.8 Å². The number of carboxylic acids is 1. The summed E-state index contributed by atoms with van der Waals surface area (Å²) in [4.78, 5) is 11.2. The molecule has 4 rings (SSSR count). The van der Waals surface area contributed by atoms with Gasteiger partial charge in [-0.25, -0.2) is 0 Å². The van der Waals surface area contributed by atoms with E-state index in [9.17, 15) is 20.1 Å². The Hall–Kier alpha value is 1.03. The fourth-order valence-corrected chi connectivity index (χ4v) is 8.58. The number of hydrogen-bond acceptors (Lipinski definition) is 4. The third-order valence-electron chi connectivity index (χ3n) is 9.90. The van der Waals surface area contributed by atoms with Crippen LogP contribution in [0.2, 0.25) is 0 Å². The first-order chi connectivity index (χ1) is 12.7. The van der Waals surface area contributed by atoms with Gasteiger partial charge in [-0.3, -0.25) is 0 Å². The van der Waals surface area contributed by atoms with Gasteiger partial charge in [-0.15, -0.1) is 0 Å². The Morgan fingerprint density at radius 2 is 1.68 bits per heavy atom. The van der Waals surface area contributed by atoms with E-state index < -0.39 is 5.97 Å². The molecule has 4 fully saturated rings. The van der Waals surface area contributed by atoms with Crippen LogP contribution in [0.1, 0.15) is 78.6 Å². The second-order valence-corrected chi connectivity index (χ2v) is 11.0. The molecule has 4 nitrogen and oxygen atoms in total. The van der Waals surface area contributed by atoms with Crippen molar-refractivity contribution in [2.75, 3.05) is 0 Å². The van der Waals surface area contributed by atoms with E-state index in [0.717, 1.165) is 51.4 Å². The zero-order valence-electron chi connectivity index (χ0n) is 18.2. The fraction of sp³-hybridized carbons (Fsp3) is 0.957. The molecule has 3 unspecified atom stereocenters. The predicted molar refractivity (Wildman–Crippen MR) is 101 cm³/mol. The van der Waals surface area contributed by atoms with Crippen LogP contribution in [0.15, 0.2) is 0 Å². The molecule has 0 aromatic heterocycles. The van der Waals surface area contributed by atoms with E-state index in [1.807, 2.05) is 0 Å². The quantitative estimate of drug-likeness (QED) is 0.622. The number of aliphatic hydroxyl groups is 2. The van der Waals surface area contributed by atoms with Crippen molar-refractivity contribution >= 4 is 5.97 Å². The molecule has 0 heterocycles. The molecule has 0 aliphatic heterocycles. The average molecular weight is 417 g/mol. The Morgan fingerprint density at radius 3 is 2.36 bits per heavy atom. The molecule has 0 aromatic rings. The van der Waals surface area contributed by atoms with Gasteiger partial charge in [-0.05, 0) is 104 Å². The Bertz CT molecular complexity index is 597. The van der Waals surface area contributed by atoms with E-state index in [1.165, 1.54) is 0 Å². The van der Waals surface area contributed by atoms with Crippen LogP contribution in [0.3, 0.4) is 0 Å². The van der Waals surface area contributed by atoms with Crippen molar-refractivity contribution in [2.45, 2.75) is 90.8 Å². The zero-order chi connectivity index (χ0) is 19.6.